The number of aromatic nitrogens is 1. The van der Waals surface area contributed by atoms with Crippen LogP contribution < -0.4 is 5.32 Å². The van der Waals surface area contributed by atoms with Crippen LogP contribution in [0.3, 0.4) is 0 Å². The molecule has 0 aliphatic carbocycles. The summed E-state index contributed by atoms with van der Waals surface area (Å²) in [7, 11) is 0. The molecule has 0 atom stereocenters. The molecule has 0 unspecified atom stereocenters. The second kappa shape index (κ2) is 5.25. The van der Waals surface area contributed by atoms with Gasteiger partial charge in [-0.25, -0.2) is 0 Å². The molecule has 2 aromatic rings. The molecule has 1 aromatic heterocycles. The number of rotatable bonds is 2. The van der Waals surface area contributed by atoms with Crippen molar-refractivity contribution < 1.29 is 4.79 Å². The zero-order valence-electron chi connectivity index (χ0n) is 8.43. The Morgan fingerprint density at radius 3 is 2.76 bits per heavy atom. The number of carbonyl (C=O) groups excluding carboxylic acids is 1. The quantitative estimate of drug-likeness (QED) is 0.797. The van der Waals surface area contributed by atoms with Crippen molar-refractivity contribution in [3.05, 3.63) is 50.1 Å². The fraction of sp³-hybridized carbons (Fsp3) is 0. The fourth-order valence-corrected chi connectivity index (χ4v) is 2.17. The molecule has 0 aliphatic heterocycles. The highest BCUT2D eigenvalue weighted by Gasteiger charge is 2.11. The van der Waals surface area contributed by atoms with E-state index in [1.165, 1.54) is 0 Å². The molecule has 1 aromatic carbocycles. The van der Waals surface area contributed by atoms with E-state index in [0.717, 1.165) is 4.47 Å². The van der Waals surface area contributed by atoms with E-state index < -0.39 is 0 Å². The molecule has 0 saturated carbocycles. The summed E-state index contributed by atoms with van der Waals surface area (Å²) in [5.41, 5.74) is 1.11. The summed E-state index contributed by atoms with van der Waals surface area (Å²) in [6.07, 6.45) is 1.70. The van der Waals surface area contributed by atoms with Crippen molar-refractivity contribution in [2.45, 2.75) is 0 Å². The van der Waals surface area contributed by atoms with Gasteiger partial charge in [-0.15, -0.1) is 0 Å². The predicted molar refractivity (Wildman–Crippen MR) is 75.6 cm³/mol. The van der Waals surface area contributed by atoms with Crippen LogP contribution in [0.25, 0.3) is 0 Å². The van der Waals surface area contributed by atoms with Crippen LogP contribution in [-0.4, -0.2) is 10.9 Å². The lowest BCUT2D eigenvalue weighted by molar-refractivity contribution is 0.102. The smallest absolute Gasteiger partial charge is 0.272 e. The van der Waals surface area contributed by atoms with E-state index in [0.29, 0.717) is 20.9 Å². The summed E-state index contributed by atoms with van der Waals surface area (Å²) < 4.78 is 1.49. The van der Waals surface area contributed by atoms with Crippen LogP contribution in [0.1, 0.15) is 10.5 Å². The normalized spacial score (nSPS) is 10.3. The zero-order valence-corrected chi connectivity index (χ0v) is 12.4. The van der Waals surface area contributed by atoms with Gasteiger partial charge in [0.15, 0.2) is 0 Å². The Bertz CT molecular complexity index is 568. The molecule has 17 heavy (non-hydrogen) atoms. The number of hydrogen-bond donors (Lipinski definition) is 2. The molecule has 1 heterocycles. The Labute approximate surface area is 120 Å². The first-order chi connectivity index (χ1) is 8.08. The Morgan fingerprint density at radius 2 is 2.12 bits per heavy atom. The van der Waals surface area contributed by atoms with Gasteiger partial charge in [0, 0.05) is 10.7 Å². The van der Waals surface area contributed by atoms with Crippen molar-refractivity contribution in [1.82, 2.24) is 4.98 Å². The number of anilines is 1. The highest BCUT2D eigenvalue weighted by atomic mass is 79.9. The number of nitrogens with one attached hydrogen (secondary N) is 2. The van der Waals surface area contributed by atoms with E-state index in [1.807, 2.05) is 0 Å². The van der Waals surface area contributed by atoms with Gasteiger partial charge in [-0.1, -0.05) is 17.7 Å². The minimum absolute atomic E-state index is 0.223. The van der Waals surface area contributed by atoms with Crippen LogP contribution in [0.4, 0.5) is 5.69 Å². The summed E-state index contributed by atoms with van der Waals surface area (Å²) in [5, 5.41) is 3.31. The van der Waals surface area contributed by atoms with Gasteiger partial charge in [0.2, 0.25) is 0 Å². The van der Waals surface area contributed by atoms with Crippen molar-refractivity contribution in [3.8, 4) is 0 Å². The average Bonchev–Trinajstić information content (AvgIpc) is 2.72. The Morgan fingerprint density at radius 1 is 1.35 bits per heavy atom. The molecule has 1 amide bonds. The summed E-state index contributed by atoms with van der Waals surface area (Å²) in [4.78, 5) is 14.7. The van der Waals surface area contributed by atoms with Crippen LogP contribution in [0.5, 0.6) is 0 Å². The van der Waals surface area contributed by atoms with E-state index in [1.54, 1.807) is 30.5 Å². The van der Waals surface area contributed by atoms with Gasteiger partial charge in [0.25, 0.3) is 5.91 Å². The highest BCUT2D eigenvalue weighted by molar-refractivity contribution is 9.11. The number of benzene rings is 1. The minimum Gasteiger partial charge on any atom is -0.356 e. The minimum atomic E-state index is -0.223. The summed E-state index contributed by atoms with van der Waals surface area (Å²) >= 11 is 12.5. The molecule has 3 nitrogen and oxygen atoms in total. The number of amides is 1. The van der Waals surface area contributed by atoms with E-state index in [-0.39, 0.29) is 5.91 Å². The van der Waals surface area contributed by atoms with E-state index in [4.69, 9.17) is 11.6 Å². The first-order valence-electron chi connectivity index (χ1n) is 4.67. The number of hydrogen-bond acceptors (Lipinski definition) is 1. The molecule has 88 valence electrons. The van der Waals surface area contributed by atoms with Crippen molar-refractivity contribution in [3.63, 3.8) is 0 Å². The van der Waals surface area contributed by atoms with Gasteiger partial charge in [-0.05, 0) is 50.1 Å². The van der Waals surface area contributed by atoms with Gasteiger partial charge < -0.3 is 10.3 Å². The highest BCUT2D eigenvalue weighted by Crippen LogP contribution is 2.30. The molecule has 0 bridgehead atoms. The van der Waals surface area contributed by atoms with Crippen molar-refractivity contribution in [2.24, 2.45) is 0 Å². The molecule has 0 radical (unpaired) electrons. The number of aromatic amines is 1. The average molecular weight is 378 g/mol. The van der Waals surface area contributed by atoms with Crippen LogP contribution in [0.2, 0.25) is 5.02 Å². The third-order valence-electron chi connectivity index (χ3n) is 2.09. The van der Waals surface area contributed by atoms with Gasteiger partial charge in [0.05, 0.1) is 15.2 Å². The van der Waals surface area contributed by atoms with E-state index in [2.05, 4.69) is 42.2 Å². The lowest BCUT2D eigenvalue weighted by Gasteiger charge is -2.07. The Kier molecular flexibility index (Phi) is 3.91. The van der Waals surface area contributed by atoms with Crippen molar-refractivity contribution in [2.75, 3.05) is 5.32 Å². The number of H-pyrrole nitrogens is 1. The second-order valence-corrected chi connectivity index (χ2v) is 5.40. The first-order valence-corrected chi connectivity index (χ1v) is 6.63. The predicted octanol–water partition coefficient (Wildman–Crippen LogP) is 4.45. The Hall–Kier alpha value is -0.780. The largest absolute Gasteiger partial charge is 0.356 e. The molecule has 0 fully saturated rings. The standard InChI is InChI=1S/C11H7Br2ClN2O/c12-6-4-9(15-5-6)11(17)16-8-3-1-2-7(14)10(8)13/h1-5,15H,(H,16,17). The maximum absolute atomic E-state index is 11.9. The van der Waals surface area contributed by atoms with E-state index >= 15 is 0 Å². The monoisotopic (exact) mass is 376 g/mol. The second-order valence-electron chi connectivity index (χ2n) is 3.29. The van der Waals surface area contributed by atoms with Crippen LogP contribution in [0.15, 0.2) is 39.4 Å². The lowest BCUT2D eigenvalue weighted by Crippen LogP contribution is -2.12. The Balaban J connectivity index is 2.21. The van der Waals surface area contributed by atoms with E-state index in [9.17, 15) is 4.79 Å². The SMILES string of the molecule is O=C(Nc1cccc(Cl)c1Br)c1cc(Br)c[nH]1. The molecular formula is C11H7Br2ClN2O. The molecule has 2 N–H and O–H groups in total. The topological polar surface area (TPSA) is 44.9 Å². The maximum atomic E-state index is 11.9. The van der Waals surface area contributed by atoms with Crippen LogP contribution >= 0.6 is 43.5 Å². The molecule has 2 rings (SSSR count). The van der Waals surface area contributed by atoms with Gasteiger partial charge >= 0.3 is 0 Å². The van der Waals surface area contributed by atoms with Crippen molar-refractivity contribution in [1.29, 1.82) is 0 Å². The van der Waals surface area contributed by atoms with Gasteiger partial charge in [-0.2, -0.15) is 0 Å². The summed E-state index contributed by atoms with van der Waals surface area (Å²) in [6.45, 7) is 0. The van der Waals surface area contributed by atoms with Crippen molar-refractivity contribution >= 4 is 55.1 Å². The van der Waals surface area contributed by atoms with Gasteiger partial charge in [-0.3, -0.25) is 4.79 Å². The lowest BCUT2D eigenvalue weighted by atomic mass is 10.3. The van der Waals surface area contributed by atoms with Gasteiger partial charge in [0.1, 0.15) is 5.69 Å². The fourth-order valence-electron chi connectivity index (χ4n) is 1.29. The van der Waals surface area contributed by atoms with Crippen LogP contribution in [0, 0.1) is 0 Å². The third kappa shape index (κ3) is 2.91. The molecule has 0 aliphatic rings. The molecular weight excluding hydrogens is 371 g/mol. The first kappa shape index (κ1) is 12.7. The molecule has 0 spiro atoms. The number of halogens is 3. The number of carbonyl (C=O) groups is 1. The summed E-state index contributed by atoms with van der Waals surface area (Å²) in [5.74, 6) is -0.223. The van der Waals surface area contributed by atoms with Crippen LogP contribution in [-0.2, 0) is 0 Å². The zero-order chi connectivity index (χ0) is 12.4. The third-order valence-corrected chi connectivity index (χ3v) is 3.95. The summed E-state index contributed by atoms with van der Waals surface area (Å²) in [6, 6.07) is 6.99. The molecule has 6 heteroatoms. The maximum Gasteiger partial charge on any atom is 0.272 e. The molecule has 0 saturated heterocycles.